The number of rotatable bonds is 4. The van der Waals surface area contributed by atoms with Crippen molar-refractivity contribution in [3.05, 3.63) is 46.8 Å². The Morgan fingerprint density at radius 3 is 2.57 bits per heavy atom. The van der Waals surface area contributed by atoms with Crippen LogP contribution in [-0.4, -0.2) is 19.8 Å². The van der Waals surface area contributed by atoms with Crippen molar-refractivity contribution >= 4 is 5.83 Å². The fourth-order valence-corrected chi connectivity index (χ4v) is 1.94. The van der Waals surface area contributed by atoms with Crippen LogP contribution in [0.1, 0.15) is 18.9 Å². The van der Waals surface area contributed by atoms with Gasteiger partial charge >= 0.3 is 0 Å². The SMILES string of the molecule is CCOc1ccc(/C(F)=C(\F)C2=CCCOC2)c(F)c1F. The molecule has 1 aromatic carbocycles. The first kappa shape index (κ1) is 15.6. The van der Waals surface area contributed by atoms with Crippen molar-refractivity contribution < 1.29 is 27.0 Å². The second-order valence-electron chi connectivity index (χ2n) is 4.37. The molecule has 0 N–H and O–H groups in total. The molecule has 0 atom stereocenters. The molecule has 2 rings (SSSR count). The van der Waals surface area contributed by atoms with Gasteiger partial charge in [-0.1, -0.05) is 6.08 Å². The Balaban J connectivity index is 2.41. The zero-order valence-corrected chi connectivity index (χ0v) is 11.4. The van der Waals surface area contributed by atoms with Gasteiger partial charge in [0.2, 0.25) is 5.82 Å². The monoisotopic (exact) mass is 302 g/mol. The van der Waals surface area contributed by atoms with E-state index in [-0.39, 0.29) is 24.5 Å². The van der Waals surface area contributed by atoms with Crippen LogP contribution in [0.25, 0.3) is 5.83 Å². The highest BCUT2D eigenvalue weighted by Gasteiger charge is 2.22. The van der Waals surface area contributed by atoms with Gasteiger partial charge in [0, 0.05) is 5.57 Å². The van der Waals surface area contributed by atoms with Crippen molar-refractivity contribution in [2.24, 2.45) is 0 Å². The number of hydrogen-bond acceptors (Lipinski definition) is 2. The van der Waals surface area contributed by atoms with Crippen LogP contribution in [0, 0.1) is 11.6 Å². The highest BCUT2D eigenvalue weighted by atomic mass is 19.2. The summed E-state index contributed by atoms with van der Waals surface area (Å²) in [4.78, 5) is 0. The van der Waals surface area contributed by atoms with E-state index >= 15 is 0 Å². The highest BCUT2D eigenvalue weighted by Crippen LogP contribution is 2.32. The first-order chi connectivity index (χ1) is 10.1. The minimum atomic E-state index is -1.48. The van der Waals surface area contributed by atoms with Crippen LogP contribution in [0.5, 0.6) is 5.75 Å². The molecule has 0 unspecified atom stereocenters. The van der Waals surface area contributed by atoms with E-state index in [0.29, 0.717) is 13.0 Å². The Kier molecular flexibility index (Phi) is 5.01. The molecule has 0 aromatic heterocycles. The summed E-state index contributed by atoms with van der Waals surface area (Å²) in [5, 5.41) is 0. The maximum atomic E-state index is 14.0. The molecule has 6 heteroatoms. The molecule has 114 valence electrons. The van der Waals surface area contributed by atoms with Crippen LogP contribution >= 0.6 is 0 Å². The Morgan fingerprint density at radius 2 is 1.95 bits per heavy atom. The molecule has 0 fully saturated rings. The maximum Gasteiger partial charge on any atom is 0.201 e. The van der Waals surface area contributed by atoms with Crippen LogP contribution in [0.3, 0.4) is 0 Å². The summed E-state index contributed by atoms with van der Waals surface area (Å²) in [6.45, 7) is 2.05. The summed E-state index contributed by atoms with van der Waals surface area (Å²) < 4.78 is 65.3. The zero-order chi connectivity index (χ0) is 15.4. The molecule has 1 heterocycles. The number of halogens is 4. The fraction of sp³-hybridized carbons (Fsp3) is 0.333. The van der Waals surface area contributed by atoms with Gasteiger partial charge in [-0.3, -0.25) is 0 Å². The van der Waals surface area contributed by atoms with Crippen molar-refractivity contribution in [1.29, 1.82) is 0 Å². The molecule has 0 radical (unpaired) electrons. The van der Waals surface area contributed by atoms with Crippen LogP contribution in [0.4, 0.5) is 17.6 Å². The van der Waals surface area contributed by atoms with Gasteiger partial charge in [0.15, 0.2) is 23.2 Å². The molecule has 0 saturated carbocycles. The lowest BCUT2D eigenvalue weighted by Crippen LogP contribution is -2.07. The normalized spacial score (nSPS) is 16.3. The molecule has 0 spiro atoms. The highest BCUT2D eigenvalue weighted by molar-refractivity contribution is 5.66. The summed E-state index contributed by atoms with van der Waals surface area (Å²) in [5.74, 6) is -5.85. The van der Waals surface area contributed by atoms with Gasteiger partial charge < -0.3 is 9.47 Å². The number of hydrogen-bond donors (Lipinski definition) is 0. The Bertz CT molecular complexity index is 594. The zero-order valence-electron chi connectivity index (χ0n) is 11.4. The van der Waals surface area contributed by atoms with E-state index in [2.05, 4.69) is 0 Å². The maximum absolute atomic E-state index is 14.0. The molecule has 0 saturated heterocycles. The first-order valence-electron chi connectivity index (χ1n) is 6.49. The molecule has 0 amide bonds. The topological polar surface area (TPSA) is 18.5 Å². The average Bonchev–Trinajstić information content (AvgIpc) is 2.52. The lowest BCUT2D eigenvalue weighted by molar-refractivity contribution is 0.150. The second-order valence-corrected chi connectivity index (χ2v) is 4.37. The number of ether oxygens (including phenoxy) is 2. The van der Waals surface area contributed by atoms with E-state index < -0.39 is 28.9 Å². The van der Waals surface area contributed by atoms with Gasteiger partial charge in [-0.15, -0.1) is 0 Å². The van der Waals surface area contributed by atoms with Crippen molar-refractivity contribution in [2.75, 3.05) is 19.8 Å². The predicted octanol–water partition coefficient (Wildman–Crippen LogP) is 4.32. The van der Waals surface area contributed by atoms with Crippen LogP contribution in [0.2, 0.25) is 0 Å². The lowest BCUT2D eigenvalue weighted by atomic mass is 10.1. The van der Waals surface area contributed by atoms with Crippen LogP contribution in [0.15, 0.2) is 29.6 Å². The summed E-state index contributed by atoms with van der Waals surface area (Å²) in [6.07, 6.45) is 1.91. The smallest absolute Gasteiger partial charge is 0.201 e. The molecule has 1 aliphatic heterocycles. The standard InChI is InChI=1S/C15H14F4O2/c1-2-21-11-6-5-10(14(18)15(11)19)13(17)12(16)9-4-3-7-20-8-9/h4-6H,2-3,7-8H2,1H3/b13-12+. The van der Waals surface area contributed by atoms with Crippen LogP contribution < -0.4 is 4.74 Å². The van der Waals surface area contributed by atoms with Gasteiger partial charge in [0.1, 0.15) is 0 Å². The first-order valence-corrected chi connectivity index (χ1v) is 6.49. The van der Waals surface area contributed by atoms with E-state index in [9.17, 15) is 17.6 Å². The molecule has 1 aromatic rings. The van der Waals surface area contributed by atoms with E-state index in [1.807, 2.05) is 0 Å². The van der Waals surface area contributed by atoms with Crippen molar-refractivity contribution in [2.45, 2.75) is 13.3 Å². The molecule has 0 aliphatic carbocycles. The largest absolute Gasteiger partial charge is 0.491 e. The molecule has 2 nitrogen and oxygen atoms in total. The van der Waals surface area contributed by atoms with Crippen molar-refractivity contribution in [3.63, 3.8) is 0 Å². The Labute approximate surface area is 119 Å². The molecule has 0 bridgehead atoms. The third kappa shape index (κ3) is 3.26. The van der Waals surface area contributed by atoms with Crippen molar-refractivity contribution in [1.82, 2.24) is 0 Å². The van der Waals surface area contributed by atoms with E-state index in [1.165, 1.54) is 6.08 Å². The second kappa shape index (κ2) is 6.76. The molecule has 21 heavy (non-hydrogen) atoms. The van der Waals surface area contributed by atoms with Crippen LogP contribution in [-0.2, 0) is 4.74 Å². The fourth-order valence-electron chi connectivity index (χ4n) is 1.94. The van der Waals surface area contributed by atoms with E-state index in [4.69, 9.17) is 9.47 Å². The molecular formula is C15H14F4O2. The third-order valence-corrected chi connectivity index (χ3v) is 2.97. The van der Waals surface area contributed by atoms with Gasteiger partial charge in [-0.25, -0.2) is 13.2 Å². The average molecular weight is 302 g/mol. The summed E-state index contributed by atoms with van der Waals surface area (Å²) in [5.41, 5.74) is -0.785. The summed E-state index contributed by atoms with van der Waals surface area (Å²) in [6, 6.07) is 2.01. The third-order valence-electron chi connectivity index (χ3n) is 2.97. The van der Waals surface area contributed by atoms with Gasteiger partial charge in [-0.05, 0) is 25.5 Å². The number of benzene rings is 1. The minimum Gasteiger partial charge on any atom is -0.491 e. The molecular weight excluding hydrogens is 288 g/mol. The van der Waals surface area contributed by atoms with Gasteiger partial charge in [-0.2, -0.15) is 4.39 Å². The lowest BCUT2D eigenvalue weighted by Gasteiger charge is -2.13. The predicted molar refractivity (Wildman–Crippen MR) is 70.2 cm³/mol. The Hall–Kier alpha value is -1.82. The molecule has 1 aliphatic rings. The van der Waals surface area contributed by atoms with Gasteiger partial charge in [0.25, 0.3) is 0 Å². The minimum absolute atomic E-state index is 0.00700. The summed E-state index contributed by atoms with van der Waals surface area (Å²) in [7, 11) is 0. The van der Waals surface area contributed by atoms with Gasteiger partial charge in [0.05, 0.1) is 25.4 Å². The Morgan fingerprint density at radius 1 is 1.19 bits per heavy atom. The summed E-state index contributed by atoms with van der Waals surface area (Å²) >= 11 is 0. The van der Waals surface area contributed by atoms with E-state index in [1.54, 1.807) is 6.92 Å². The van der Waals surface area contributed by atoms with E-state index in [0.717, 1.165) is 12.1 Å². The quantitative estimate of drug-likeness (QED) is 0.771. The van der Waals surface area contributed by atoms with Crippen molar-refractivity contribution in [3.8, 4) is 5.75 Å².